The molecular weight excluding hydrogens is 304 g/mol. The van der Waals surface area contributed by atoms with Crippen LogP contribution in [0.5, 0.6) is 0 Å². The van der Waals surface area contributed by atoms with Gasteiger partial charge in [0, 0.05) is 39.0 Å². The van der Waals surface area contributed by atoms with Crippen LogP contribution in [0.15, 0.2) is 16.6 Å². The van der Waals surface area contributed by atoms with E-state index in [9.17, 15) is 9.59 Å². The smallest absolute Gasteiger partial charge is 0.229 e. The highest BCUT2D eigenvalue weighted by Crippen LogP contribution is 2.19. The maximum Gasteiger partial charge on any atom is 0.229 e. The molecule has 0 radical (unpaired) electrons. The lowest BCUT2D eigenvalue weighted by Gasteiger charge is -2.25. The van der Waals surface area contributed by atoms with Crippen LogP contribution in [0.1, 0.15) is 58.3 Å². The summed E-state index contributed by atoms with van der Waals surface area (Å²) < 4.78 is 0. The second-order valence-corrected chi connectivity index (χ2v) is 6.34. The molecule has 2 rings (SSSR count). The highest BCUT2D eigenvalue weighted by atomic mass is 16.2. The number of carbonyl (C=O) groups excluding carboxylic acids is 2. The fourth-order valence-electron chi connectivity index (χ4n) is 3.12. The molecule has 24 heavy (non-hydrogen) atoms. The van der Waals surface area contributed by atoms with E-state index >= 15 is 0 Å². The van der Waals surface area contributed by atoms with Gasteiger partial charge in [-0.15, -0.1) is 0 Å². The Bertz CT molecular complexity index is 483. The number of allylic oxidation sites excluding steroid dienone is 1. The molecule has 2 amide bonds. The summed E-state index contributed by atoms with van der Waals surface area (Å²) in [5.74, 6) is 0.643. The second kappa shape index (κ2) is 10.1. The molecule has 0 aromatic heterocycles. The van der Waals surface area contributed by atoms with Crippen molar-refractivity contribution < 1.29 is 9.59 Å². The molecule has 134 valence electrons. The Morgan fingerprint density at radius 3 is 2.58 bits per heavy atom. The van der Waals surface area contributed by atoms with Crippen molar-refractivity contribution in [1.29, 1.82) is 0 Å². The molecule has 1 aliphatic carbocycles. The summed E-state index contributed by atoms with van der Waals surface area (Å²) >= 11 is 0. The third kappa shape index (κ3) is 5.98. The molecule has 1 heterocycles. The van der Waals surface area contributed by atoms with E-state index in [0.29, 0.717) is 32.4 Å². The molecule has 0 spiro atoms. The Balaban J connectivity index is 1.75. The number of nitrogens with one attached hydrogen (secondary N) is 2. The van der Waals surface area contributed by atoms with Crippen LogP contribution < -0.4 is 10.6 Å². The first kappa shape index (κ1) is 18.5. The number of rotatable bonds is 7. The largest absolute Gasteiger partial charge is 0.357 e. The van der Waals surface area contributed by atoms with Gasteiger partial charge in [0.05, 0.1) is 0 Å². The van der Waals surface area contributed by atoms with E-state index in [4.69, 9.17) is 0 Å². The minimum Gasteiger partial charge on any atom is -0.357 e. The van der Waals surface area contributed by atoms with Crippen LogP contribution in [0.25, 0.3) is 0 Å². The predicted octanol–water partition coefficient (Wildman–Crippen LogP) is 1.97. The van der Waals surface area contributed by atoms with E-state index in [0.717, 1.165) is 25.5 Å². The quantitative estimate of drug-likeness (QED) is 0.323. The van der Waals surface area contributed by atoms with Crippen molar-refractivity contribution in [3.63, 3.8) is 0 Å². The molecule has 1 fully saturated rings. The van der Waals surface area contributed by atoms with Gasteiger partial charge in [0.1, 0.15) is 0 Å². The minimum atomic E-state index is -0.0563. The molecule has 6 heteroatoms. The van der Waals surface area contributed by atoms with Crippen molar-refractivity contribution in [3.8, 4) is 0 Å². The molecule has 6 nitrogen and oxygen atoms in total. The molecule has 1 saturated heterocycles. The molecule has 0 aromatic rings. The van der Waals surface area contributed by atoms with Gasteiger partial charge < -0.3 is 10.6 Å². The highest BCUT2D eigenvalue weighted by Gasteiger charge is 2.25. The third-order valence-corrected chi connectivity index (χ3v) is 4.44. The van der Waals surface area contributed by atoms with Crippen molar-refractivity contribution in [2.24, 2.45) is 4.99 Å². The monoisotopic (exact) mass is 334 g/mol. The molecule has 0 aromatic carbocycles. The van der Waals surface area contributed by atoms with Crippen LogP contribution in [0.3, 0.4) is 0 Å². The van der Waals surface area contributed by atoms with Gasteiger partial charge >= 0.3 is 0 Å². The van der Waals surface area contributed by atoms with Gasteiger partial charge in [-0.05, 0) is 45.4 Å². The zero-order valence-corrected chi connectivity index (χ0v) is 14.8. The van der Waals surface area contributed by atoms with Gasteiger partial charge in [-0.2, -0.15) is 0 Å². The summed E-state index contributed by atoms with van der Waals surface area (Å²) in [6.07, 6.45) is 10.0. The van der Waals surface area contributed by atoms with Crippen molar-refractivity contribution in [1.82, 2.24) is 15.5 Å². The number of piperidine rings is 1. The van der Waals surface area contributed by atoms with Gasteiger partial charge in [0.15, 0.2) is 5.96 Å². The van der Waals surface area contributed by atoms with Crippen LogP contribution in [0.4, 0.5) is 0 Å². The van der Waals surface area contributed by atoms with Gasteiger partial charge in [-0.1, -0.05) is 11.6 Å². The molecule has 0 unspecified atom stereocenters. The molecular formula is C18H30N4O2. The molecule has 2 N–H and O–H groups in total. The third-order valence-electron chi connectivity index (χ3n) is 4.44. The summed E-state index contributed by atoms with van der Waals surface area (Å²) in [4.78, 5) is 29.5. The Morgan fingerprint density at radius 1 is 1.12 bits per heavy atom. The van der Waals surface area contributed by atoms with Crippen LogP contribution >= 0.6 is 0 Å². The number of carbonyl (C=O) groups is 2. The van der Waals surface area contributed by atoms with Gasteiger partial charge in [0.25, 0.3) is 0 Å². The Morgan fingerprint density at radius 2 is 1.92 bits per heavy atom. The molecule has 2 aliphatic rings. The number of hydrogen-bond acceptors (Lipinski definition) is 3. The highest BCUT2D eigenvalue weighted by molar-refractivity contribution is 5.97. The normalized spacial score (nSPS) is 19.3. The van der Waals surface area contributed by atoms with Crippen molar-refractivity contribution in [3.05, 3.63) is 11.6 Å². The summed E-state index contributed by atoms with van der Waals surface area (Å²) in [6, 6.07) is 0. The summed E-state index contributed by atoms with van der Waals surface area (Å²) in [5.41, 5.74) is 1.52. The van der Waals surface area contributed by atoms with E-state index in [2.05, 4.69) is 21.7 Å². The fraction of sp³-hybridized carbons (Fsp3) is 0.722. The van der Waals surface area contributed by atoms with E-state index in [-0.39, 0.29) is 11.8 Å². The lowest BCUT2D eigenvalue weighted by Crippen LogP contribution is -2.46. The number of hydrogen-bond donors (Lipinski definition) is 2. The first-order chi connectivity index (χ1) is 11.7. The number of guanidine groups is 1. The van der Waals surface area contributed by atoms with Gasteiger partial charge in [-0.3, -0.25) is 19.5 Å². The fourth-order valence-corrected chi connectivity index (χ4v) is 3.12. The van der Waals surface area contributed by atoms with E-state index in [1.807, 2.05) is 6.92 Å². The van der Waals surface area contributed by atoms with E-state index < -0.39 is 0 Å². The summed E-state index contributed by atoms with van der Waals surface area (Å²) in [7, 11) is 0. The maximum atomic E-state index is 11.8. The zero-order chi connectivity index (χ0) is 17.2. The topological polar surface area (TPSA) is 73.8 Å². The van der Waals surface area contributed by atoms with Crippen LogP contribution in [-0.4, -0.2) is 48.9 Å². The zero-order valence-electron chi connectivity index (χ0n) is 14.8. The Labute approximate surface area is 144 Å². The summed E-state index contributed by atoms with van der Waals surface area (Å²) in [6.45, 7) is 4.52. The lowest BCUT2D eigenvalue weighted by atomic mass is 9.97. The molecule has 1 aliphatic heterocycles. The first-order valence-electron chi connectivity index (χ1n) is 9.24. The molecule has 0 atom stereocenters. The number of amides is 2. The SMILES string of the molecule is CCNC(=NCCC1=CCCCC1)NCCN1C(=O)CCCC1=O. The van der Waals surface area contributed by atoms with Crippen molar-refractivity contribution in [2.45, 2.75) is 58.3 Å². The van der Waals surface area contributed by atoms with Gasteiger partial charge in [-0.25, -0.2) is 0 Å². The van der Waals surface area contributed by atoms with Gasteiger partial charge in [0.2, 0.25) is 11.8 Å². The van der Waals surface area contributed by atoms with Crippen molar-refractivity contribution in [2.75, 3.05) is 26.2 Å². The lowest BCUT2D eigenvalue weighted by molar-refractivity contribution is -0.147. The Hall–Kier alpha value is -1.85. The number of imide groups is 1. The molecule has 0 saturated carbocycles. The van der Waals surface area contributed by atoms with E-state index in [1.54, 1.807) is 0 Å². The molecule has 0 bridgehead atoms. The second-order valence-electron chi connectivity index (χ2n) is 6.34. The number of aliphatic imine (C=N–C) groups is 1. The summed E-state index contributed by atoms with van der Waals surface area (Å²) in [5, 5.41) is 6.43. The van der Waals surface area contributed by atoms with Crippen LogP contribution in [-0.2, 0) is 9.59 Å². The average Bonchev–Trinajstić information content (AvgIpc) is 2.58. The van der Waals surface area contributed by atoms with E-state index in [1.165, 1.54) is 36.2 Å². The standard InChI is InChI=1S/C18H30N4O2/c1-2-19-18(20-12-11-15-7-4-3-5-8-15)21-13-14-22-16(23)9-6-10-17(22)24/h7H,2-6,8-14H2,1H3,(H2,19,20,21). The number of nitrogens with zero attached hydrogens (tertiary/aromatic N) is 2. The maximum absolute atomic E-state index is 11.8. The van der Waals surface area contributed by atoms with Crippen LogP contribution in [0.2, 0.25) is 0 Å². The van der Waals surface area contributed by atoms with Crippen molar-refractivity contribution >= 4 is 17.8 Å². The van der Waals surface area contributed by atoms with Crippen LogP contribution in [0, 0.1) is 0 Å². The Kier molecular flexibility index (Phi) is 7.79. The predicted molar refractivity (Wildman–Crippen MR) is 95.7 cm³/mol. The average molecular weight is 334 g/mol. The first-order valence-corrected chi connectivity index (χ1v) is 9.24. The minimum absolute atomic E-state index is 0.0563. The number of likely N-dealkylation sites (tertiary alicyclic amines) is 1.